The molecule has 88 valence electrons. The molecule has 1 heterocycles. The highest BCUT2D eigenvalue weighted by molar-refractivity contribution is 5.76. The molecular weight excluding hydrogens is 208 g/mol. The van der Waals surface area contributed by atoms with E-state index < -0.39 is 24.0 Å². The average Bonchev–Trinajstić information content (AvgIpc) is 2.63. The van der Waals surface area contributed by atoms with Crippen molar-refractivity contribution in [2.24, 2.45) is 0 Å². The zero-order valence-electron chi connectivity index (χ0n) is 8.76. The van der Waals surface area contributed by atoms with E-state index in [-0.39, 0.29) is 19.6 Å². The third-order valence-corrected chi connectivity index (χ3v) is 2.57. The van der Waals surface area contributed by atoms with Gasteiger partial charge in [0.15, 0.2) is 0 Å². The Morgan fingerprint density at radius 3 is 2.73 bits per heavy atom. The van der Waals surface area contributed by atoms with Gasteiger partial charge in [-0.3, -0.25) is 4.79 Å². The van der Waals surface area contributed by atoms with Crippen LogP contribution >= 0.6 is 0 Å². The van der Waals surface area contributed by atoms with Crippen LogP contribution in [0.3, 0.4) is 0 Å². The molecule has 0 saturated carbocycles. The number of nitrogens with one attached hydrogen (secondary N) is 1. The van der Waals surface area contributed by atoms with Gasteiger partial charge in [0.05, 0.1) is 6.61 Å². The first kappa shape index (κ1) is 12.3. The molecule has 0 amide bonds. The van der Waals surface area contributed by atoms with E-state index in [0.29, 0.717) is 0 Å². The Bertz CT molecular complexity index is 237. The van der Waals surface area contributed by atoms with E-state index in [1.54, 1.807) is 6.92 Å². The molecule has 0 spiro atoms. The van der Waals surface area contributed by atoms with Crippen LogP contribution in [0, 0.1) is 0 Å². The van der Waals surface area contributed by atoms with Gasteiger partial charge in [-0.2, -0.15) is 0 Å². The van der Waals surface area contributed by atoms with Crippen LogP contribution in [0.25, 0.3) is 0 Å². The summed E-state index contributed by atoms with van der Waals surface area (Å²) in [6.07, 6.45) is -2.67. The largest absolute Gasteiger partial charge is 0.465 e. The van der Waals surface area contributed by atoms with Gasteiger partial charge >= 0.3 is 5.97 Å². The van der Waals surface area contributed by atoms with Gasteiger partial charge < -0.3 is 14.8 Å². The summed E-state index contributed by atoms with van der Waals surface area (Å²) in [7, 11) is 1.22. The molecule has 0 radical (unpaired) electrons. The van der Waals surface area contributed by atoms with Crippen LogP contribution < -0.4 is 5.32 Å². The normalized spacial score (nSPS) is 30.9. The molecule has 0 aromatic carbocycles. The smallest absolute Gasteiger partial charge is 0.323 e. The van der Waals surface area contributed by atoms with Gasteiger partial charge in [0, 0.05) is 20.1 Å². The number of hydrogen-bond donors (Lipinski definition) is 1. The molecule has 1 aliphatic heterocycles. The summed E-state index contributed by atoms with van der Waals surface area (Å²) in [6.45, 7) is 1.87. The van der Waals surface area contributed by atoms with Crippen molar-refractivity contribution in [3.8, 4) is 0 Å². The molecule has 1 N–H and O–H groups in total. The summed E-state index contributed by atoms with van der Waals surface area (Å²) in [6, 6.07) is -0.695. The van der Waals surface area contributed by atoms with Crippen LogP contribution in [-0.4, -0.2) is 44.3 Å². The molecule has 0 unspecified atom stereocenters. The number of halogens is 2. The van der Waals surface area contributed by atoms with Crippen LogP contribution in [0.1, 0.15) is 13.3 Å². The van der Waals surface area contributed by atoms with Gasteiger partial charge in [-0.05, 0) is 6.92 Å². The first-order valence-electron chi connectivity index (χ1n) is 4.79. The lowest BCUT2D eigenvalue weighted by atomic mass is 10.0. The molecular formula is C9H15F2NO3. The highest BCUT2D eigenvalue weighted by Gasteiger charge is 2.49. The molecule has 6 heteroatoms. The summed E-state index contributed by atoms with van der Waals surface area (Å²) < 4.78 is 34.9. The molecule has 0 aliphatic carbocycles. The summed E-state index contributed by atoms with van der Waals surface area (Å²) in [4.78, 5) is 11.3. The number of rotatable bonds is 4. The molecule has 15 heavy (non-hydrogen) atoms. The maximum absolute atomic E-state index is 12.7. The van der Waals surface area contributed by atoms with Gasteiger partial charge in [-0.15, -0.1) is 0 Å². The van der Waals surface area contributed by atoms with E-state index in [9.17, 15) is 13.6 Å². The Balaban J connectivity index is 2.60. The third kappa shape index (κ3) is 2.43. The Morgan fingerprint density at radius 1 is 1.67 bits per heavy atom. The maximum atomic E-state index is 12.7. The standard InChI is InChI=1S/C9H15F2NO3/c1-3-15-7(13)6-4-9(14-2,5-12-6)8(10)11/h6,8,12H,3-5H2,1-2H3/t6-,9-/m0/s1. The SMILES string of the molecule is CCOC(=O)[C@@H]1C[C@@](OC)(C(F)F)CN1. The topological polar surface area (TPSA) is 47.6 Å². The third-order valence-electron chi connectivity index (χ3n) is 2.57. The number of carbonyl (C=O) groups excluding carboxylic acids is 1. The lowest BCUT2D eigenvalue weighted by Gasteiger charge is -2.25. The molecule has 1 aliphatic rings. The lowest BCUT2D eigenvalue weighted by molar-refractivity contribution is -0.147. The van der Waals surface area contributed by atoms with Gasteiger partial charge in [-0.25, -0.2) is 8.78 Å². The van der Waals surface area contributed by atoms with Gasteiger partial charge in [-0.1, -0.05) is 0 Å². The number of hydrogen-bond acceptors (Lipinski definition) is 4. The molecule has 0 aromatic rings. The van der Waals surface area contributed by atoms with E-state index in [4.69, 9.17) is 9.47 Å². The predicted molar refractivity (Wildman–Crippen MR) is 48.8 cm³/mol. The fourth-order valence-corrected chi connectivity index (χ4v) is 1.61. The molecule has 1 fully saturated rings. The maximum Gasteiger partial charge on any atom is 0.323 e. The van der Waals surface area contributed by atoms with Crippen molar-refractivity contribution in [1.82, 2.24) is 5.32 Å². The molecule has 0 bridgehead atoms. The summed E-state index contributed by atoms with van der Waals surface area (Å²) in [5.41, 5.74) is -1.56. The second kappa shape index (κ2) is 4.85. The number of methoxy groups -OCH3 is 1. The minimum atomic E-state index is -2.62. The highest BCUT2D eigenvalue weighted by atomic mass is 19.3. The molecule has 4 nitrogen and oxygen atoms in total. The van der Waals surface area contributed by atoms with E-state index in [1.807, 2.05) is 0 Å². The molecule has 1 rings (SSSR count). The van der Waals surface area contributed by atoms with E-state index >= 15 is 0 Å². The van der Waals surface area contributed by atoms with Crippen molar-refractivity contribution >= 4 is 5.97 Å². The van der Waals surface area contributed by atoms with Crippen molar-refractivity contribution in [3.63, 3.8) is 0 Å². The van der Waals surface area contributed by atoms with Crippen molar-refractivity contribution in [3.05, 3.63) is 0 Å². The van der Waals surface area contributed by atoms with Crippen LogP contribution in [0.5, 0.6) is 0 Å². The quantitative estimate of drug-likeness (QED) is 0.707. The fourth-order valence-electron chi connectivity index (χ4n) is 1.61. The molecule has 1 saturated heterocycles. The summed E-state index contributed by atoms with van der Waals surface area (Å²) in [5, 5.41) is 2.68. The summed E-state index contributed by atoms with van der Waals surface area (Å²) >= 11 is 0. The molecule has 2 atom stereocenters. The predicted octanol–water partition coefficient (Wildman–Crippen LogP) is 0.562. The number of alkyl halides is 2. The zero-order chi connectivity index (χ0) is 11.5. The molecule has 0 aromatic heterocycles. The van der Waals surface area contributed by atoms with Crippen molar-refractivity contribution < 1.29 is 23.0 Å². The monoisotopic (exact) mass is 223 g/mol. The fraction of sp³-hybridized carbons (Fsp3) is 0.889. The van der Waals surface area contributed by atoms with E-state index in [2.05, 4.69) is 5.32 Å². The van der Waals surface area contributed by atoms with Gasteiger partial charge in [0.1, 0.15) is 11.6 Å². The number of carbonyl (C=O) groups is 1. The first-order valence-corrected chi connectivity index (χ1v) is 4.79. The van der Waals surface area contributed by atoms with Gasteiger partial charge in [0.25, 0.3) is 6.43 Å². The minimum Gasteiger partial charge on any atom is -0.465 e. The minimum absolute atomic E-state index is 0.0371. The lowest BCUT2D eigenvalue weighted by Crippen LogP contribution is -2.41. The Kier molecular flexibility index (Phi) is 3.98. The van der Waals surface area contributed by atoms with Crippen LogP contribution in [0.4, 0.5) is 8.78 Å². The van der Waals surface area contributed by atoms with Crippen LogP contribution in [-0.2, 0) is 14.3 Å². The number of esters is 1. The van der Waals surface area contributed by atoms with Gasteiger partial charge in [0.2, 0.25) is 0 Å². The zero-order valence-corrected chi connectivity index (χ0v) is 8.76. The highest BCUT2D eigenvalue weighted by Crippen LogP contribution is 2.30. The van der Waals surface area contributed by atoms with Crippen molar-refractivity contribution in [1.29, 1.82) is 0 Å². The second-order valence-electron chi connectivity index (χ2n) is 3.46. The van der Waals surface area contributed by atoms with Crippen molar-refractivity contribution in [2.75, 3.05) is 20.3 Å². The van der Waals surface area contributed by atoms with E-state index in [0.717, 1.165) is 0 Å². The van der Waals surface area contributed by atoms with Crippen molar-refractivity contribution in [2.45, 2.75) is 31.4 Å². The Hall–Kier alpha value is -0.750. The Labute approximate surface area is 86.9 Å². The second-order valence-corrected chi connectivity index (χ2v) is 3.46. The number of ether oxygens (including phenoxy) is 2. The van der Waals surface area contributed by atoms with Crippen LogP contribution in [0.2, 0.25) is 0 Å². The first-order chi connectivity index (χ1) is 7.05. The Morgan fingerprint density at radius 2 is 2.33 bits per heavy atom. The van der Waals surface area contributed by atoms with E-state index in [1.165, 1.54) is 7.11 Å². The van der Waals surface area contributed by atoms with Crippen LogP contribution in [0.15, 0.2) is 0 Å². The average molecular weight is 223 g/mol. The summed E-state index contributed by atoms with van der Waals surface area (Å²) in [5.74, 6) is -0.503.